The number of hydrogen-bond acceptors (Lipinski definition) is 8. The number of amides is 1. The highest BCUT2D eigenvalue weighted by Crippen LogP contribution is 2.34. The van der Waals surface area contributed by atoms with Crippen molar-refractivity contribution in [2.75, 3.05) is 0 Å². The van der Waals surface area contributed by atoms with Gasteiger partial charge in [0.1, 0.15) is 0 Å². The number of carbonyl (C=O) groups excluding carboxylic acids is 1. The van der Waals surface area contributed by atoms with E-state index in [1.807, 2.05) is 0 Å². The van der Waals surface area contributed by atoms with E-state index in [0.29, 0.717) is 16.0 Å². The Morgan fingerprint density at radius 1 is 0.923 bits per heavy atom. The van der Waals surface area contributed by atoms with Crippen LogP contribution in [0.5, 0.6) is 23.0 Å². The molecule has 0 aliphatic carbocycles. The third-order valence-corrected chi connectivity index (χ3v) is 4.68. The SMILES string of the molecule is O=C1/C(=C\c2ccc(O)c(O)c2)SC(=S)N1/N=C/c1ccc(O)c(O)c1. The fourth-order valence-corrected chi connectivity index (χ4v) is 3.26. The molecule has 1 amide bonds. The highest BCUT2D eigenvalue weighted by atomic mass is 32.2. The summed E-state index contributed by atoms with van der Waals surface area (Å²) in [5, 5.41) is 42.7. The fraction of sp³-hybridized carbons (Fsp3) is 0. The van der Waals surface area contributed by atoms with Crippen LogP contribution in [0.15, 0.2) is 46.4 Å². The quantitative estimate of drug-likeness (QED) is 0.277. The van der Waals surface area contributed by atoms with Crippen molar-refractivity contribution in [1.29, 1.82) is 0 Å². The molecular formula is C17H12N2O5S2. The summed E-state index contributed by atoms with van der Waals surface area (Å²) < 4.78 is 0.225. The summed E-state index contributed by atoms with van der Waals surface area (Å²) in [4.78, 5) is 12.8. The van der Waals surface area contributed by atoms with Crippen molar-refractivity contribution >= 4 is 46.5 Å². The lowest BCUT2D eigenvalue weighted by Crippen LogP contribution is -2.22. The second-order valence-corrected chi connectivity index (χ2v) is 6.91. The number of thiocarbonyl (C=S) groups is 1. The predicted molar refractivity (Wildman–Crippen MR) is 102 cm³/mol. The van der Waals surface area contributed by atoms with Gasteiger partial charge in [-0.05, 0) is 59.8 Å². The Morgan fingerprint density at radius 3 is 2.12 bits per heavy atom. The second-order valence-electron chi connectivity index (χ2n) is 5.23. The van der Waals surface area contributed by atoms with E-state index in [0.717, 1.165) is 16.8 Å². The molecule has 7 nitrogen and oxygen atoms in total. The molecule has 0 aromatic heterocycles. The van der Waals surface area contributed by atoms with Gasteiger partial charge in [0.15, 0.2) is 27.3 Å². The molecule has 1 aliphatic rings. The van der Waals surface area contributed by atoms with E-state index < -0.39 is 5.91 Å². The van der Waals surface area contributed by atoms with Gasteiger partial charge in [-0.15, -0.1) is 0 Å². The van der Waals surface area contributed by atoms with Crippen LogP contribution in [0.2, 0.25) is 0 Å². The van der Waals surface area contributed by atoms with E-state index in [2.05, 4.69) is 5.10 Å². The lowest BCUT2D eigenvalue weighted by atomic mass is 10.2. The molecule has 0 saturated carbocycles. The molecule has 0 spiro atoms. The number of phenols is 4. The van der Waals surface area contributed by atoms with E-state index in [1.54, 1.807) is 6.07 Å². The van der Waals surface area contributed by atoms with Gasteiger partial charge in [0.2, 0.25) is 0 Å². The van der Waals surface area contributed by atoms with Gasteiger partial charge in [0.25, 0.3) is 5.91 Å². The number of hydrazone groups is 1. The van der Waals surface area contributed by atoms with E-state index in [1.165, 1.54) is 42.6 Å². The maximum Gasteiger partial charge on any atom is 0.286 e. The van der Waals surface area contributed by atoms with E-state index >= 15 is 0 Å². The Kier molecular flexibility index (Phi) is 4.83. The van der Waals surface area contributed by atoms with E-state index in [4.69, 9.17) is 12.2 Å². The molecule has 3 rings (SSSR count). The summed E-state index contributed by atoms with van der Waals surface area (Å²) >= 11 is 6.20. The zero-order valence-electron chi connectivity index (χ0n) is 13.0. The maximum atomic E-state index is 12.4. The minimum absolute atomic E-state index is 0.225. The lowest BCUT2D eigenvalue weighted by molar-refractivity contribution is -0.122. The summed E-state index contributed by atoms with van der Waals surface area (Å²) in [5.41, 5.74) is 0.995. The van der Waals surface area contributed by atoms with Crippen LogP contribution in [0.3, 0.4) is 0 Å². The molecule has 0 radical (unpaired) electrons. The minimum atomic E-state index is -0.438. The first-order valence-electron chi connectivity index (χ1n) is 7.21. The number of aromatic hydroxyl groups is 4. The van der Waals surface area contributed by atoms with Crippen LogP contribution in [0, 0.1) is 0 Å². The number of rotatable bonds is 3. The summed E-state index contributed by atoms with van der Waals surface area (Å²) in [6.07, 6.45) is 2.86. The summed E-state index contributed by atoms with van der Waals surface area (Å²) in [6.45, 7) is 0. The molecule has 1 fully saturated rings. The first kappa shape index (κ1) is 17.8. The molecule has 0 atom stereocenters. The molecule has 132 valence electrons. The molecule has 2 aromatic carbocycles. The number of nitrogens with zero attached hydrogens (tertiary/aromatic N) is 2. The molecule has 26 heavy (non-hydrogen) atoms. The lowest BCUT2D eigenvalue weighted by Gasteiger charge is -2.06. The maximum absolute atomic E-state index is 12.4. The Labute approximate surface area is 157 Å². The van der Waals surface area contributed by atoms with Crippen molar-refractivity contribution < 1.29 is 25.2 Å². The fourth-order valence-electron chi connectivity index (χ4n) is 2.09. The van der Waals surface area contributed by atoms with Gasteiger partial charge in [0.05, 0.1) is 11.1 Å². The van der Waals surface area contributed by atoms with Gasteiger partial charge in [0, 0.05) is 0 Å². The average Bonchev–Trinajstić information content (AvgIpc) is 2.86. The third-order valence-electron chi connectivity index (χ3n) is 3.39. The molecule has 1 saturated heterocycles. The van der Waals surface area contributed by atoms with Gasteiger partial charge in [-0.3, -0.25) is 4.79 Å². The number of hydrogen-bond donors (Lipinski definition) is 4. The monoisotopic (exact) mass is 388 g/mol. The van der Waals surface area contributed by atoms with Crippen molar-refractivity contribution in [1.82, 2.24) is 5.01 Å². The molecule has 2 aromatic rings. The smallest absolute Gasteiger partial charge is 0.286 e. The third kappa shape index (κ3) is 3.63. The van der Waals surface area contributed by atoms with E-state index in [-0.39, 0.29) is 27.3 Å². The Bertz CT molecular complexity index is 972. The Morgan fingerprint density at radius 2 is 1.50 bits per heavy atom. The second kappa shape index (κ2) is 7.06. The molecule has 1 aliphatic heterocycles. The zero-order chi connectivity index (χ0) is 18.8. The Balaban J connectivity index is 1.82. The van der Waals surface area contributed by atoms with Gasteiger partial charge in [-0.1, -0.05) is 17.8 Å². The van der Waals surface area contributed by atoms with Gasteiger partial charge >= 0.3 is 0 Å². The van der Waals surface area contributed by atoms with Gasteiger partial charge < -0.3 is 20.4 Å². The molecule has 0 bridgehead atoms. The van der Waals surface area contributed by atoms with Crippen LogP contribution >= 0.6 is 24.0 Å². The van der Waals surface area contributed by atoms with Gasteiger partial charge in [-0.25, -0.2) is 0 Å². The summed E-state index contributed by atoms with van der Waals surface area (Å²) in [5.74, 6) is -1.54. The van der Waals surface area contributed by atoms with Crippen LogP contribution in [0.1, 0.15) is 11.1 Å². The standard InChI is InChI=1S/C17H12N2O5S2/c20-11-3-1-9(5-13(11)22)7-15-16(24)19(17(25)26-15)18-8-10-2-4-12(21)14(23)6-10/h1-8,20-23H/b15-7+,18-8+. The highest BCUT2D eigenvalue weighted by Gasteiger charge is 2.32. The largest absolute Gasteiger partial charge is 0.504 e. The molecular weight excluding hydrogens is 376 g/mol. The minimum Gasteiger partial charge on any atom is -0.504 e. The van der Waals surface area contributed by atoms with Crippen LogP contribution in [0.25, 0.3) is 6.08 Å². The summed E-state index contributed by atoms with van der Waals surface area (Å²) in [7, 11) is 0. The van der Waals surface area contributed by atoms with Crippen molar-refractivity contribution in [3.8, 4) is 23.0 Å². The molecule has 4 N–H and O–H groups in total. The van der Waals surface area contributed by atoms with Crippen molar-refractivity contribution in [3.63, 3.8) is 0 Å². The number of thioether (sulfide) groups is 1. The van der Waals surface area contributed by atoms with Crippen molar-refractivity contribution in [3.05, 3.63) is 52.4 Å². The first-order chi connectivity index (χ1) is 12.3. The highest BCUT2D eigenvalue weighted by molar-refractivity contribution is 8.26. The van der Waals surface area contributed by atoms with Crippen LogP contribution in [-0.4, -0.2) is 41.9 Å². The van der Waals surface area contributed by atoms with Crippen LogP contribution < -0.4 is 0 Å². The zero-order valence-corrected chi connectivity index (χ0v) is 14.7. The van der Waals surface area contributed by atoms with E-state index in [9.17, 15) is 25.2 Å². The molecule has 1 heterocycles. The van der Waals surface area contributed by atoms with Gasteiger partial charge in [-0.2, -0.15) is 10.1 Å². The number of benzene rings is 2. The number of phenolic OH excluding ortho intramolecular Hbond substituents is 4. The van der Waals surface area contributed by atoms with Crippen LogP contribution in [-0.2, 0) is 4.79 Å². The first-order valence-corrected chi connectivity index (χ1v) is 8.43. The Hall–Kier alpha value is -3.04. The predicted octanol–water partition coefficient (Wildman–Crippen LogP) is 2.74. The van der Waals surface area contributed by atoms with Crippen LogP contribution in [0.4, 0.5) is 0 Å². The molecule has 0 unspecified atom stereocenters. The molecule has 9 heteroatoms. The average molecular weight is 388 g/mol. The van der Waals surface area contributed by atoms with Crippen molar-refractivity contribution in [2.45, 2.75) is 0 Å². The van der Waals surface area contributed by atoms with Crippen molar-refractivity contribution in [2.24, 2.45) is 5.10 Å². The normalized spacial score (nSPS) is 16.2. The number of carbonyl (C=O) groups is 1. The topological polar surface area (TPSA) is 114 Å². The summed E-state index contributed by atoms with van der Waals surface area (Å²) in [6, 6.07) is 8.31.